The largest absolute Gasteiger partial charge is 0.480 e. The van der Waals surface area contributed by atoms with Crippen LogP contribution in [0.3, 0.4) is 0 Å². The third kappa shape index (κ3) is 4.25. The van der Waals surface area contributed by atoms with Gasteiger partial charge in [-0.3, -0.25) is 4.79 Å². The fraction of sp³-hybridized carbons (Fsp3) is 0.423. The van der Waals surface area contributed by atoms with Crippen LogP contribution in [0, 0.1) is 5.92 Å². The highest BCUT2D eigenvalue weighted by Gasteiger charge is 2.47. The lowest BCUT2D eigenvalue weighted by molar-refractivity contribution is -0.177. The molecule has 178 valence electrons. The summed E-state index contributed by atoms with van der Waals surface area (Å²) in [6.07, 6.45) is 0.690. The second-order valence-electron chi connectivity index (χ2n) is 9.66. The number of alkyl carbamates (subject to hydrolysis) is 1. The number of nitrogens with zero attached hydrogens (tertiary/aromatic N) is 1. The Kier molecular flexibility index (Phi) is 5.77. The monoisotopic (exact) mass is 464 g/mol. The molecule has 0 unspecified atom stereocenters. The van der Waals surface area contributed by atoms with Crippen LogP contribution in [0.1, 0.15) is 36.8 Å². The summed E-state index contributed by atoms with van der Waals surface area (Å²) in [5, 5.41) is 11.6. The summed E-state index contributed by atoms with van der Waals surface area (Å²) in [6.45, 7) is 2.48. The summed E-state index contributed by atoms with van der Waals surface area (Å²) in [6, 6.07) is 16.3. The van der Waals surface area contributed by atoms with Gasteiger partial charge in [0.1, 0.15) is 18.8 Å². The van der Waals surface area contributed by atoms with E-state index in [1.807, 2.05) is 31.2 Å². The van der Waals surface area contributed by atoms with E-state index < -0.39 is 17.7 Å². The Labute approximate surface area is 197 Å². The first-order valence-corrected chi connectivity index (χ1v) is 11.6. The summed E-state index contributed by atoms with van der Waals surface area (Å²) in [7, 11) is 0. The van der Waals surface area contributed by atoms with Crippen LogP contribution in [0.2, 0.25) is 0 Å². The number of hydrogen-bond donors (Lipinski definition) is 2. The number of amides is 2. The minimum Gasteiger partial charge on any atom is -0.480 e. The maximum absolute atomic E-state index is 12.6. The summed E-state index contributed by atoms with van der Waals surface area (Å²) >= 11 is 0. The highest BCUT2D eigenvalue weighted by atomic mass is 16.5. The minimum absolute atomic E-state index is 0.0120. The number of hydrogen-bond acceptors (Lipinski definition) is 5. The lowest BCUT2D eigenvalue weighted by Crippen LogP contribution is -2.65. The molecule has 1 saturated heterocycles. The van der Waals surface area contributed by atoms with Crippen molar-refractivity contribution in [3.63, 3.8) is 0 Å². The molecule has 1 aliphatic heterocycles. The molecule has 34 heavy (non-hydrogen) atoms. The van der Waals surface area contributed by atoms with Crippen LogP contribution >= 0.6 is 0 Å². The molecular formula is C26H28N2O6. The number of carbonyl (C=O) groups is 3. The number of carboxylic acid groups (broad SMARTS) is 1. The number of ether oxygens (including phenoxy) is 2. The normalized spacial score (nSPS) is 22.1. The molecule has 8 heteroatoms. The molecule has 0 radical (unpaired) electrons. The predicted octanol–water partition coefficient (Wildman–Crippen LogP) is 3.01. The van der Waals surface area contributed by atoms with Crippen LogP contribution in [0.25, 0.3) is 11.1 Å². The number of carboxylic acids is 1. The highest BCUT2D eigenvalue weighted by Crippen LogP contribution is 2.44. The molecule has 0 bridgehead atoms. The molecule has 2 aliphatic carbocycles. The van der Waals surface area contributed by atoms with Crippen molar-refractivity contribution in [3.05, 3.63) is 59.7 Å². The third-order valence-corrected chi connectivity index (χ3v) is 7.06. The van der Waals surface area contributed by atoms with E-state index in [4.69, 9.17) is 14.6 Å². The Morgan fingerprint density at radius 3 is 2.21 bits per heavy atom. The number of likely N-dealkylation sites (tertiary alicyclic amines) is 1. The maximum atomic E-state index is 12.6. The summed E-state index contributed by atoms with van der Waals surface area (Å²) < 4.78 is 10.9. The van der Waals surface area contributed by atoms with E-state index in [9.17, 15) is 14.4 Å². The topological polar surface area (TPSA) is 105 Å². The quantitative estimate of drug-likeness (QED) is 0.653. The van der Waals surface area contributed by atoms with Crippen LogP contribution in [-0.4, -0.2) is 65.9 Å². The molecule has 0 atom stereocenters. The number of aliphatic carboxylic acids is 1. The summed E-state index contributed by atoms with van der Waals surface area (Å²) in [5.74, 6) is -1.12. The van der Waals surface area contributed by atoms with Gasteiger partial charge in [0.2, 0.25) is 5.91 Å². The molecule has 1 saturated carbocycles. The van der Waals surface area contributed by atoms with Crippen molar-refractivity contribution in [1.29, 1.82) is 0 Å². The second kappa shape index (κ2) is 8.76. The maximum Gasteiger partial charge on any atom is 0.407 e. The molecule has 2 aromatic carbocycles. The van der Waals surface area contributed by atoms with Gasteiger partial charge in [-0.25, -0.2) is 9.59 Å². The molecule has 3 aliphatic rings. The number of carbonyl (C=O) groups excluding carboxylic acids is 2. The Balaban J connectivity index is 1.07. The van der Waals surface area contributed by atoms with Crippen molar-refractivity contribution < 1.29 is 29.0 Å². The van der Waals surface area contributed by atoms with Crippen molar-refractivity contribution in [3.8, 4) is 11.1 Å². The van der Waals surface area contributed by atoms with Gasteiger partial charge in [0, 0.05) is 17.9 Å². The van der Waals surface area contributed by atoms with Crippen LogP contribution in [0.15, 0.2) is 48.5 Å². The fourth-order valence-corrected chi connectivity index (χ4v) is 5.25. The van der Waals surface area contributed by atoms with Crippen molar-refractivity contribution in [2.24, 2.45) is 5.92 Å². The van der Waals surface area contributed by atoms with Gasteiger partial charge < -0.3 is 24.8 Å². The molecule has 1 heterocycles. The van der Waals surface area contributed by atoms with E-state index in [1.54, 1.807) is 4.90 Å². The average Bonchev–Trinajstić information content (AvgIpc) is 3.10. The van der Waals surface area contributed by atoms with Crippen LogP contribution in [0.4, 0.5) is 4.79 Å². The van der Waals surface area contributed by atoms with Crippen molar-refractivity contribution >= 4 is 18.0 Å². The van der Waals surface area contributed by atoms with Gasteiger partial charge >= 0.3 is 12.1 Å². The lowest BCUT2D eigenvalue weighted by Gasteiger charge is -2.49. The van der Waals surface area contributed by atoms with E-state index >= 15 is 0 Å². The predicted molar refractivity (Wildman–Crippen MR) is 123 cm³/mol. The standard InChI is InChI=1S/C26H28N2O6/c1-26(34-13-23(29)30)14-28(15-26)24(31)16-10-17(11-16)27-25(32)33-12-22-20-8-4-2-6-18(20)19-7-3-5-9-21(19)22/h2-9,16-17,22H,10-15H2,1H3,(H,27,32)(H,29,30). The molecule has 8 nitrogen and oxygen atoms in total. The zero-order valence-corrected chi connectivity index (χ0v) is 19.0. The first-order valence-electron chi connectivity index (χ1n) is 11.6. The number of rotatable bonds is 7. The Morgan fingerprint density at radius 1 is 1.03 bits per heavy atom. The number of nitrogens with one attached hydrogen (secondary N) is 1. The van der Waals surface area contributed by atoms with E-state index in [0.29, 0.717) is 25.9 Å². The molecule has 2 N–H and O–H groups in total. The van der Waals surface area contributed by atoms with E-state index in [-0.39, 0.29) is 37.0 Å². The van der Waals surface area contributed by atoms with Gasteiger partial charge in [0.25, 0.3) is 0 Å². The van der Waals surface area contributed by atoms with Crippen molar-refractivity contribution in [2.75, 3.05) is 26.3 Å². The minimum atomic E-state index is -1.02. The molecular weight excluding hydrogens is 436 g/mol. The summed E-state index contributed by atoms with van der Waals surface area (Å²) in [5.41, 5.74) is 4.10. The van der Waals surface area contributed by atoms with E-state index in [2.05, 4.69) is 29.6 Å². The van der Waals surface area contributed by atoms with Gasteiger partial charge in [-0.05, 0) is 42.0 Å². The molecule has 2 amide bonds. The smallest absolute Gasteiger partial charge is 0.407 e. The SMILES string of the molecule is CC1(OCC(=O)O)CN(C(=O)C2CC(NC(=O)OCC3c4ccccc4-c4ccccc43)C2)C1. The highest BCUT2D eigenvalue weighted by molar-refractivity contribution is 5.82. The zero-order valence-electron chi connectivity index (χ0n) is 19.0. The van der Waals surface area contributed by atoms with Gasteiger partial charge in [0.05, 0.1) is 13.1 Å². The molecule has 5 rings (SSSR count). The first kappa shape index (κ1) is 22.4. The van der Waals surface area contributed by atoms with Gasteiger partial charge in [-0.2, -0.15) is 0 Å². The summed E-state index contributed by atoms with van der Waals surface area (Å²) in [4.78, 5) is 37.4. The Morgan fingerprint density at radius 2 is 1.62 bits per heavy atom. The van der Waals surface area contributed by atoms with Gasteiger partial charge in [-0.1, -0.05) is 48.5 Å². The van der Waals surface area contributed by atoms with Crippen LogP contribution < -0.4 is 5.32 Å². The zero-order chi connectivity index (χ0) is 23.9. The Hall–Kier alpha value is -3.39. The number of fused-ring (bicyclic) bond motifs is 3. The lowest BCUT2D eigenvalue weighted by atomic mass is 9.78. The fourth-order valence-electron chi connectivity index (χ4n) is 5.25. The molecule has 2 fully saturated rings. The van der Waals surface area contributed by atoms with E-state index in [0.717, 1.165) is 0 Å². The Bertz CT molecular complexity index is 1070. The van der Waals surface area contributed by atoms with Gasteiger partial charge in [-0.15, -0.1) is 0 Å². The second-order valence-corrected chi connectivity index (χ2v) is 9.66. The van der Waals surface area contributed by atoms with E-state index in [1.165, 1.54) is 22.3 Å². The van der Waals surface area contributed by atoms with Crippen LogP contribution in [-0.2, 0) is 19.1 Å². The molecule has 0 spiro atoms. The van der Waals surface area contributed by atoms with Crippen molar-refractivity contribution in [1.82, 2.24) is 10.2 Å². The van der Waals surface area contributed by atoms with Crippen LogP contribution in [0.5, 0.6) is 0 Å². The van der Waals surface area contributed by atoms with Crippen molar-refractivity contribution in [2.45, 2.75) is 37.3 Å². The third-order valence-electron chi connectivity index (χ3n) is 7.06. The first-order chi connectivity index (χ1) is 16.3. The molecule has 2 aromatic rings. The van der Waals surface area contributed by atoms with Gasteiger partial charge in [0.15, 0.2) is 0 Å². The average molecular weight is 465 g/mol. The number of benzene rings is 2. The molecule has 0 aromatic heterocycles.